The van der Waals surface area contributed by atoms with Crippen molar-refractivity contribution in [2.24, 2.45) is 5.92 Å². The normalized spacial score (nSPS) is 19.0. The van der Waals surface area contributed by atoms with Gasteiger partial charge in [-0.25, -0.2) is 13.8 Å². The summed E-state index contributed by atoms with van der Waals surface area (Å²) in [5, 5.41) is 0. The van der Waals surface area contributed by atoms with Gasteiger partial charge >= 0.3 is 0 Å². The Morgan fingerprint density at radius 2 is 1.90 bits per heavy atom. The van der Waals surface area contributed by atoms with Crippen LogP contribution in [0.3, 0.4) is 0 Å². The molecule has 4 rings (SSSR count). The van der Waals surface area contributed by atoms with Crippen molar-refractivity contribution in [1.29, 1.82) is 0 Å². The average molecular weight is 398 g/mol. The first kappa shape index (κ1) is 19.4. The minimum atomic E-state index is -2.55. The molecule has 0 bridgehead atoms. The van der Waals surface area contributed by atoms with E-state index in [9.17, 15) is 8.78 Å². The number of H-pyrrole nitrogens is 1. The van der Waals surface area contributed by atoms with E-state index < -0.39 is 5.92 Å². The zero-order valence-corrected chi connectivity index (χ0v) is 16.5. The monoisotopic (exact) mass is 398 g/mol. The molecule has 1 aliphatic rings. The molecule has 2 aromatic carbocycles. The predicted molar refractivity (Wildman–Crippen MR) is 111 cm³/mol. The van der Waals surface area contributed by atoms with Crippen molar-refractivity contribution in [3.63, 3.8) is 0 Å². The summed E-state index contributed by atoms with van der Waals surface area (Å²) in [6.45, 7) is 0. The zero-order valence-electron chi connectivity index (χ0n) is 16.5. The van der Waals surface area contributed by atoms with Crippen LogP contribution in [0.15, 0.2) is 42.5 Å². The molecule has 1 aliphatic carbocycles. The molecule has 0 amide bonds. The number of allylic oxidation sites excluding steroid dienone is 1. The SMILES string of the molecule is COc1cccc(OC)c1-c1ccc2nc(C=CC3CCCC(F)(F)C3)[nH]c2c1. The summed E-state index contributed by atoms with van der Waals surface area (Å²) in [5.74, 6) is -0.550. The van der Waals surface area contributed by atoms with E-state index in [-0.39, 0.29) is 18.8 Å². The van der Waals surface area contributed by atoms with Gasteiger partial charge in [0, 0.05) is 12.8 Å². The van der Waals surface area contributed by atoms with Gasteiger partial charge in [-0.1, -0.05) is 18.2 Å². The number of imidazole rings is 1. The molecule has 1 atom stereocenters. The van der Waals surface area contributed by atoms with E-state index in [2.05, 4.69) is 9.97 Å². The lowest BCUT2D eigenvalue weighted by atomic mass is 9.86. The van der Waals surface area contributed by atoms with Crippen LogP contribution in [0.2, 0.25) is 0 Å². The van der Waals surface area contributed by atoms with Crippen molar-refractivity contribution in [3.05, 3.63) is 48.3 Å². The molecular weight excluding hydrogens is 374 g/mol. The Morgan fingerprint density at radius 1 is 1.14 bits per heavy atom. The first-order chi connectivity index (χ1) is 14.0. The van der Waals surface area contributed by atoms with Crippen LogP contribution in [-0.2, 0) is 0 Å². The molecule has 0 saturated heterocycles. The summed E-state index contributed by atoms with van der Waals surface area (Å²) in [7, 11) is 3.26. The molecule has 0 spiro atoms. The maximum atomic E-state index is 13.6. The Bertz CT molecular complexity index is 1020. The van der Waals surface area contributed by atoms with Crippen molar-refractivity contribution < 1.29 is 18.3 Å². The van der Waals surface area contributed by atoms with Crippen LogP contribution < -0.4 is 9.47 Å². The summed E-state index contributed by atoms with van der Waals surface area (Å²) < 4.78 is 38.2. The number of aromatic nitrogens is 2. The van der Waals surface area contributed by atoms with E-state index in [0.717, 1.165) is 40.1 Å². The Hall–Kier alpha value is -2.89. The second-order valence-corrected chi connectivity index (χ2v) is 7.46. The van der Waals surface area contributed by atoms with Crippen LogP contribution in [-0.4, -0.2) is 30.1 Å². The van der Waals surface area contributed by atoms with Gasteiger partial charge in [0.2, 0.25) is 5.92 Å². The van der Waals surface area contributed by atoms with Gasteiger partial charge in [0.25, 0.3) is 0 Å². The van der Waals surface area contributed by atoms with Crippen molar-refractivity contribution in [2.45, 2.75) is 31.6 Å². The van der Waals surface area contributed by atoms with E-state index in [4.69, 9.17) is 9.47 Å². The highest BCUT2D eigenvalue weighted by molar-refractivity contribution is 5.86. The van der Waals surface area contributed by atoms with Gasteiger partial charge in [-0.15, -0.1) is 0 Å². The van der Waals surface area contributed by atoms with Gasteiger partial charge in [-0.3, -0.25) is 0 Å². The first-order valence-electron chi connectivity index (χ1n) is 9.76. The van der Waals surface area contributed by atoms with E-state index in [0.29, 0.717) is 12.2 Å². The lowest BCUT2D eigenvalue weighted by molar-refractivity contribution is -0.0452. The third-order valence-corrected chi connectivity index (χ3v) is 5.42. The Kier molecular flexibility index (Phi) is 5.26. The molecule has 1 fully saturated rings. The van der Waals surface area contributed by atoms with Crippen LogP contribution in [0.4, 0.5) is 8.78 Å². The topological polar surface area (TPSA) is 47.1 Å². The smallest absolute Gasteiger partial charge is 0.248 e. The van der Waals surface area contributed by atoms with Crippen LogP contribution in [0.25, 0.3) is 28.2 Å². The van der Waals surface area contributed by atoms with Crippen molar-refractivity contribution in [3.8, 4) is 22.6 Å². The van der Waals surface area contributed by atoms with Gasteiger partial charge in [0.15, 0.2) is 0 Å². The third kappa shape index (κ3) is 4.11. The van der Waals surface area contributed by atoms with Crippen LogP contribution >= 0.6 is 0 Å². The molecule has 1 unspecified atom stereocenters. The number of nitrogens with one attached hydrogen (secondary N) is 1. The van der Waals surface area contributed by atoms with Gasteiger partial charge in [0.05, 0.1) is 30.8 Å². The Labute approximate surface area is 168 Å². The average Bonchev–Trinajstić information content (AvgIpc) is 3.13. The van der Waals surface area contributed by atoms with Crippen molar-refractivity contribution in [2.75, 3.05) is 14.2 Å². The molecule has 0 aliphatic heterocycles. The number of aromatic amines is 1. The van der Waals surface area contributed by atoms with Crippen LogP contribution in [0.5, 0.6) is 11.5 Å². The summed E-state index contributed by atoms with van der Waals surface area (Å²) in [6, 6.07) is 11.6. The first-order valence-corrected chi connectivity index (χ1v) is 9.76. The molecule has 6 heteroatoms. The fraction of sp³-hybridized carbons (Fsp3) is 0.348. The molecule has 152 valence electrons. The Balaban J connectivity index is 1.63. The predicted octanol–water partition coefficient (Wildman–Crippen LogP) is 6.09. The summed E-state index contributed by atoms with van der Waals surface area (Å²) in [5.41, 5.74) is 3.49. The molecule has 1 N–H and O–H groups in total. The molecule has 3 aromatic rings. The standard InChI is InChI=1S/C23H24F2N2O2/c1-28-19-6-3-7-20(29-2)22(19)16-9-10-17-18(13-16)27-21(26-17)11-8-15-5-4-12-23(24,25)14-15/h3,6-11,13,15H,4-5,12,14H2,1-2H3,(H,26,27). The highest BCUT2D eigenvalue weighted by atomic mass is 19.3. The molecule has 4 nitrogen and oxygen atoms in total. The largest absolute Gasteiger partial charge is 0.496 e. The van der Waals surface area contributed by atoms with Crippen molar-refractivity contribution in [1.82, 2.24) is 9.97 Å². The van der Waals surface area contributed by atoms with Gasteiger partial charge in [-0.2, -0.15) is 0 Å². The van der Waals surface area contributed by atoms with E-state index >= 15 is 0 Å². The molecule has 1 heterocycles. The van der Waals surface area contributed by atoms with Gasteiger partial charge < -0.3 is 14.5 Å². The van der Waals surface area contributed by atoms with Gasteiger partial charge in [-0.05, 0) is 54.7 Å². The van der Waals surface area contributed by atoms with E-state index in [1.54, 1.807) is 14.2 Å². The maximum absolute atomic E-state index is 13.6. The number of methoxy groups -OCH3 is 2. The number of benzene rings is 2. The number of alkyl halides is 2. The highest BCUT2D eigenvalue weighted by Crippen LogP contribution is 2.39. The van der Waals surface area contributed by atoms with Crippen LogP contribution in [0.1, 0.15) is 31.5 Å². The lowest BCUT2D eigenvalue weighted by Crippen LogP contribution is -2.24. The summed E-state index contributed by atoms with van der Waals surface area (Å²) in [4.78, 5) is 7.84. The second-order valence-electron chi connectivity index (χ2n) is 7.46. The highest BCUT2D eigenvalue weighted by Gasteiger charge is 2.35. The van der Waals surface area contributed by atoms with Crippen molar-refractivity contribution >= 4 is 17.1 Å². The minimum Gasteiger partial charge on any atom is -0.496 e. The minimum absolute atomic E-state index is 0.00281. The Morgan fingerprint density at radius 3 is 2.59 bits per heavy atom. The number of rotatable bonds is 5. The lowest BCUT2D eigenvalue weighted by Gasteiger charge is -2.26. The fourth-order valence-electron chi connectivity index (χ4n) is 4.00. The number of hydrogen-bond acceptors (Lipinski definition) is 3. The van der Waals surface area contributed by atoms with E-state index in [1.165, 1.54) is 0 Å². The van der Waals surface area contributed by atoms with Crippen LogP contribution in [0, 0.1) is 5.92 Å². The number of ether oxygens (including phenoxy) is 2. The molecule has 29 heavy (non-hydrogen) atoms. The molecule has 1 saturated carbocycles. The zero-order chi connectivity index (χ0) is 20.4. The van der Waals surface area contributed by atoms with E-state index in [1.807, 2.05) is 48.6 Å². The summed E-state index contributed by atoms with van der Waals surface area (Å²) >= 11 is 0. The fourth-order valence-corrected chi connectivity index (χ4v) is 4.00. The quantitative estimate of drug-likeness (QED) is 0.566. The maximum Gasteiger partial charge on any atom is 0.248 e. The second kappa shape index (κ2) is 7.85. The molecule has 1 aromatic heterocycles. The third-order valence-electron chi connectivity index (χ3n) is 5.42. The molecule has 0 radical (unpaired) electrons. The summed E-state index contributed by atoms with van der Waals surface area (Å²) in [6.07, 6.45) is 4.94. The number of hydrogen-bond donors (Lipinski definition) is 1. The molecular formula is C23H24F2N2O2. The van der Waals surface area contributed by atoms with Gasteiger partial charge in [0.1, 0.15) is 17.3 Å². The number of nitrogens with zero attached hydrogens (tertiary/aromatic N) is 1. The number of halogens is 2. The number of fused-ring (bicyclic) bond motifs is 1.